The minimum atomic E-state index is -0.570. The van der Waals surface area contributed by atoms with Crippen molar-refractivity contribution >= 4 is 34.1 Å². The van der Waals surface area contributed by atoms with Gasteiger partial charge >= 0.3 is 0 Å². The van der Waals surface area contributed by atoms with E-state index in [1.165, 1.54) is 25.1 Å². The van der Waals surface area contributed by atoms with Gasteiger partial charge in [0.05, 0.1) is 16.8 Å². The molecule has 1 heterocycles. The molecular weight excluding hydrogens is 333 g/mol. The number of amides is 2. The fourth-order valence-corrected chi connectivity index (χ4v) is 2.75. The third-order valence-corrected chi connectivity index (χ3v) is 3.87. The third-order valence-electron chi connectivity index (χ3n) is 3.87. The maximum Gasteiger partial charge on any atom is 0.256 e. The van der Waals surface area contributed by atoms with Crippen LogP contribution in [0.25, 0.3) is 10.9 Å². The van der Waals surface area contributed by atoms with Gasteiger partial charge in [-0.05, 0) is 50.2 Å². The number of aryl methyl sites for hydroxylation is 2. The molecule has 0 bridgehead atoms. The molecule has 0 fully saturated rings. The lowest BCUT2D eigenvalue weighted by molar-refractivity contribution is -0.114. The summed E-state index contributed by atoms with van der Waals surface area (Å²) < 4.78 is 13.8. The summed E-state index contributed by atoms with van der Waals surface area (Å²) >= 11 is 0. The number of hydrogen-bond acceptors (Lipinski definition) is 3. The average Bonchev–Trinajstić information content (AvgIpc) is 2.57. The van der Waals surface area contributed by atoms with Gasteiger partial charge in [-0.1, -0.05) is 11.6 Å². The minimum Gasteiger partial charge on any atom is -0.324 e. The number of nitrogens with one attached hydrogen (secondary N) is 2. The molecule has 3 aromatic rings. The third kappa shape index (κ3) is 3.69. The molecule has 0 unspecified atom stereocenters. The highest BCUT2D eigenvalue weighted by atomic mass is 19.1. The first-order valence-electron chi connectivity index (χ1n) is 8.10. The van der Waals surface area contributed by atoms with Crippen LogP contribution in [0.1, 0.15) is 28.5 Å². The fourth-order valence-electron chi connectivity index (χ4n) is 2.75. The van der Waals surface area contributed by atoms with Crippen LogP contribution in [0.2, 0.25) is 0 Å². The van der Waals surface area contributed by atoms with Crippen molar-refractivity contribution in [1.82, 2.24) is 4.98 Å². The predicted octanol–water partition coefficient (Wildman–Crippen LogP) is 4.20. The van der Waals surface area contributed by atoms with Crippen LogP contribution in [-0.4, -0.2) is 16.8 Å². The number of carbonyl (C=O) groups is 2. The molecule has 0 radical (unpaired) electrons. The van der Waals surface area contributed by atoms with Gasteiger partial charge in [-0.25, -0.2) is 4.39 Å². The number of aromatic nitrogens is 1. The van der Waals surface area contributed by atoms with E-state index in [1.54, 1.807) is 6.07 Å². The Balaban J connectivity index is 1.97. The van der Waals surface area contributed by atoms with Crippen molar-refractivity contribution in [1.29, 1.82) is 0 Å². The number of benzene rings is 2. The summed E-state index contributed by atoms with van der Waals surface area (Å²) in [6.07, 6.45) is 0. The molecule has 3 rings (SSSR count). The van der Waals surface area contributed by atoms with Gasteiger partial charge in [0.1, 0.15) is 5.82 Å². The van der Waals surface area contributed by atoms with E-state index in [1.807, 2.05) is 32.0 Å². The molecule has 0 saturated heterocycles. The monoisotopic (exact) mass is 351 g/mol. The van der Waals surface area contributed by atoms with Crippen LogP contribution in [0.15, 0.2) is 42.5 Å². The van der Waals surface area contributed by atoms with E-state index in [9.17, 15) is 14.0 Å². The highest BCUT2D eigenvalue weighted by molar-refractivity contribution is 6.12. The quantitative estimate of drug-likeness (QED) is 0.743. The van der Waals surface area contributed by atoms with E-state index >= 15 is 0 Å². The molecule has 0 aliphatic heterocycles. The van der Waals surface area contributed by atoms with Crippen molar-refractivity contribution in [2.45, 2.75) is 20.8 Å². The fraction of sp³-hybridized carbons (Fsp3) is 0.150. The lowest BCUT2D eigenvalue weighted by Gasteiger charge is -2.11. The van der Waals surface area contributed by atoms with Gasteiger partial charge in [0.25, 0.3) is 5.91 Å². The highest BCUT2D eigenvalue weighted by Crippen LogP contribution is 2.23. The van der Waals surface area contributed by atoms with Crippen LogP contribution in [0, 0.1) is 19.7 Å². The summed E-state index contributed by atoms with van der Waals surface area (Å²) in [7, 11) is 0. The minimum absolute atomic E-state index is 0.0157. The first kappa shape index (κ1) is 17.5. The SMILES string of the molecule is CC(=O)Nc1cc(NC(=O)c2cc(C)nc3ccc(C)cc23)ccc1F. The number of anilines is 2. The molecule has 5 nitrogen and oxygen atoms in total. The van der Waals surface area contributed by atoms with Crippen molar-refractivity contribution in [3.05, 3.63) is 65.1 Å². The van der Waals surface area contributed by atoms with Crippen LogP contribution in [-0.2, 0) is 4.79 Å². The molecule has 2 N–H and O–H groups in total. The number of halogens is 1. The summed E-state index contributed by atoms with van der Waals surface area (Å²) in [4.78, 5) is 28.4. The number of carbonyl (C=O) groups excluding carboxylic acids is 2. The Bertz CT molecular complexity index is 1030. The second kappa shape index (κ2) is 6.92. The standard InChI is InChI=1S/C20H18FN3O2/c1-11-4-7-18-15(8-11)16(9-12(2)22-18)20(26)24-14-5-6-17(21)19(10-14)23-13(3)25/h4-10H,1-3H3,(H,23,25)(H,24,26). The smallest absolute Gasteiger partial charge is 0.256 e. The number of fused-ring (bicyclic) bond motifs is 1. The first-order chi connectivity index (χ1) is 12.3. The predicted molar refractivity (Wildman–Crippen MR) is 99.9 cm³/mol. The van der Waals surface area contributed by atoms with Gasteiger partial charge < -0.3 is 10.6 Å². The van der Waals surface area contributed by atoms with Crippen molar-refractivity contribution < 1.29 is 14.0 Å². The highest BCUT2D eigenvalue weighted by Gasteiger charge is 2.14. The largest absolute Gasteiger partial charge is 0.324 e. The molecule has 0 saturated carbocycles. The maximum atomic E-state index is 13.8. The van der Waals surface area contributed by atoms with Gasteiger partial charge in [0, 0.05) is 23.7 Å². The van der Waals surface area contributed by atoms with E-state index in [0.29, 0.717) is 11.3 Å². The molecule has 0 aliphatic rings. The lowest BCUT2D eigenvalue weighted by Crippen LogP contribution is -2.14. The topological polar surface area (TPSA) is 71.1 Å². The molecule has 2 amide bonds. The normalized spacial score (nSPS) is 10.6. The zero-order valence-electron chi connectivity index (χ0n) is 14.7. The first-order valence-corrected chi connectivity index (χ1v) is 8.10. The number of nitrogens with zero attached hydrogens (tertiary/aromatic N) is 1. The van der Waals surface area contributed by atoms with Crippen molar-refractivity contribution in [2.75, 3.05) is 10.6 Å². The number of pyridine rings is 1. The molecule has 0 atom stereocenters. The van der Waals surface area contributed by atoms with Crippen molar-refractivity contribution in [3.63, 3.8) is 0 Å². The summed E-state index contributed by atoms with van der Waals surface area (Å²) in [5.41, 5.74) is 3.37. The summed E-state index contributed by atoms with van der Waals surface area (Å²) in [5.74, 6) is -1.29. The average molecular weight is 351 g/mol. The molecule has 26 heavy (non-hydrogen) atoms. The Morgan fingerprint density at radius 2 is 1.77 bits per heavy atom. The van der Waals surface area contributed by atoms with Crippen LogP contribution >= 0.6 is 0 Å². The van der Waals surface area contributed by atoms with Crippen molar-refractivity contribution in [3.8, 4) is 0 Å². The maximum absolute atomic E-state index is 13.8. The Morgan fingerprint density at radius 3 is 2.50 bits per heavy atom. The number of hydrogen-bond donors (Lipinski definition) is 2. The van der Waals surface area contributed by atoms with Crippen LogP contribution in [0.5, 0.6) is 0 Å². The second-order valence-electron chi connectivity index (χ2n) is 6.16. The van der Waals surface area contributed by atoms with Gasteiger partial charge in [0.2, 0.25) is 5.91 Å². The zero-order valence-corrected chi connectivity index (χ0v) is 14.7. The van der Waals surface area contributed by atoms with E-state index in [4.69, 9.17) is 0 Å². The van der Waals surface area contributed by atoms with Crippen molar-refractivity contribution in [2.24, 2.45) is 0 Å². The Kier molecular flexibility index (Phi) is 4.67. The van der Waals surface area contributed by atoms with E-state index in [2.05, 4.69) is 15.6 Å². The zero-order chi connectivity index (χ0) is 18.8. The van der Waals surface area contributed by atoms with E-state index < -0.39 is 11.7 Å². The van der Waals surface area contributed by atoms with E-state index in [-0.39, 0.29) is 11.6 Å². The van der Waals surface area contributed by atoms with Gasteiger partial charge in [-0.15, -0.1) is 0 Å². The molecular formula is C20H18FN3O2. The van der Waals surface area contributed by atoms with Gasteiger partial charge in [-0.3, -0.25) is 14.6 Å². The summed E-state index contributed by atoms with van der Waals surface area (Å²) in [6, 6.07) is 11.5. The Morgan fingerprint density at radius 1 is 1.00 bits per heavy atom. The summed E-state index contributed by atoms with van der Waals surface area (Å²) in [5, 5.41) is 5.90. The molecule has 132 valence electrons. The second-order valence-corrected chi connectivity index (χ2v) is 6.16. The van der Waals surface area contributed by atoms with Crippen LogP contribution < -0.4 is 10.6 Å². The molecule has 6 heteroatoms. The van der Waals surface area contributed by atoms with Crippen LogP contribution in [0.3, 0.4) is 0 Å². The lowest BCUT2D eigenvalue weighted by atomic mass is 10.0. The Labute approximate surface area is 150 Å². The summed E-state index contributed by atoms with van der Waals surface area (Å²) in [6.45, 7) is 5.06. The van der Waals surface area contributed by atoms with E-state index in [0.717, 1.165) is 22.2 Å². The molecule has 2 aromatic carbocycles. The molecule has 1 aromatic heterocycles. The Hall–Kier alpha value is -3.28. The molecule has 0 aliphatic carbocycles. The van der Waals surface area contributed by atoms with Crippen LogP contribution in [0.4, 0.5) is 15.8 Å². The molecule has 0 spiro atoms. The van der Waals surface area contributed by atoms with Gasteiger partial charge in [-0.2, -0.15) is 0 Å². The van der Waals surface area contributed by atoms with Gasteiger partial charge in [0.15, 0.2) is 0 Å². The number of rotatable bonds is 3.